The fraction of sp³-hybridized carbons (Fsp3) is 0.200. The molecule has 1 aromatic heterocycles. The summed E-state index contributed by atoms with van der Waals surface area (Å²) in [4.78, 5) is 27.4. The Bertz CT molecular complexity index is 1110. The van der Waals surface area contributed by atoms with Gasteiger partial charge in [0.1, 0.15) is 0 Å². The molecule has 1 heterocycles. The lowest BCUT2D eigenvalue weighted by atomic mass is 10.2. The van der Waals surface area contributed by atoms with Crippen molar-refractivity contribution >= 4 is 39.2 Å². The number of non-ortho nitro benzene ring substituents is 1. The number of rotatable bonds is 6. The van der Waals surface area contributed by atoms with Crippen LogP contribution in [-0.2, 0) is 16.1 Å². The highest BCUT2D eigenvalue weighted by Crippen LogP contribution is 2.21. The molecule has 1 amide bonds. The van der Waals surface area contributed by atoms with Crippen LogP contribution in [0.2, 0.25) is 0 Å². The number of methoxy groups -OCH3 is 1. The number of aromatic nitrogens is 1. The van der Waals surface area contributed by atoms with Gasteiger partial charge in [-0.25, -0.2) is 0 Å². The van der Waals surface area contributed by atoms with E-state index < -0.39 is 10.8 Å². The summed E-state index contributed by atoms with van der Waals surface area (Å²) in [5, 5.41) is 10.7. The van der Waals surface area contributed by atoms with Crippen LogP contribution >= 0.6 is 11.3 Å². The number of ether oxygens (including phenoxy) is 1. The Morgan fingerprint density at radius 1 is 1.29 bits per heavy atom. The molecule has 8 heteroatoms. The van der Waals surface area contributed by atoms with Gasteiger partial charge in [0, 0.05) is 31.9 Å². The molecule has 3 rings (SSSR count). The van der Waals surface area contributed by atoms with Crippen molar-refractivity contribution < 1.29 is 14.5 Å². The first-order valence-corrected chi connectivity index (χ1v) is 9.40. The molecule has 3 aromatic rings. The molecule has 0 spiro atoms. The lowest BCUT2D eigenvalue weighted by molar-refractivity contribution is -0.384. The first kappa shape index (κ1) is 19.7. The molecule has 7 nitrogen and oxygen atoms in total. The van der Waals surface area contributed by atoms with Crippen LogP contribution in [0.3, 0.4) is 0 Å². The van der Waals surface area contributed by atoms with Crippen LogP contribution in [0, 0.1) is 17.0 Å². The Balaban J connectivity index is 1.91. The summed E-state index contributed by atoms with van der Waals surface area (Å²) in [6.07, 6.45) is 2.95. The Hall–Kier alpha value is -3.10. The Kier molecular flexibility index (Phi) is 6.13. The van der Waals surface area contributed by atoms with Gasteiger partial charge in [-0.15, -0.1) is 0 Å². The standard InChI is InChI=1S/C20H19N3O4S/c1-14-4-3-5-17-19(14)22(12-13-27-2)20(28-17)21-18(24)11-8-15-6-9-16(10-7-15)23(25)26/h3-11H,12-13H2,1-2H3/b11-8-,21-20?. The maximum Gasteiger partial charge on any atom is 0.272 e. The minimum Gasteiger partial charge on any atom is -0.383 e. The molecule has 2 aromatic carbocycles. The van der Waals surface area contributed by atoms with Crippen LogP contribution in [0.25, 0.3) is 16.3 Å². The average molecular weight is 397 g/mol. The quantitative estimate of drug-likeness (QED) is 0.360. The van der Waals surface area contributed by atoms with E-state index in [9.17, 15) is 14.9 Å². The normalized spacial score (nSPS) is 12.1. The number of amides is 1. The number of nitrogens with zero attached hydrogens (tertiary/aromatic N) is 3. The van der Waals surface area contributed by atoms with Crippen LogP contribution in [0.15, 0.2) is 53.5 Å². The van der Waals surface area contributed by atoms with Crippen molar-refractivity contribution in [3.8, 4) is 0 Å². The SMILES string of the molecule is COCCn1c(=NC(=O)/C=C\c2ccc([N+](=O)[O-])cc2)sc2cccc(C)c21. The maximum atomic E-state index is 12.3. The second-order valence-electron chi connectivity index (χ2n) is 6.08. The molecule has 144 valence electrons. The lowest BCUT2D eigenvalue weighted by Gasteiger charge is -2.06. The highest BCUT2D eigenvalue weighted by Gasteiger charge is 2.09. The minimum absolute atomic E-state index is 0.00740. The van der Waals surface area contributed by atoms with Crippen molar-refractivity contribution in [2.45, 2.75) is 13.5 Å². The van der Waals surface area contributed by atoms with Crippen LogP contribution in [0.1, 0.15) is 11.1 Å². The maximum absolute atomic E-state index is 12.3. The summed E-state index contributed by atoms with van der Waals surface area (Å²) in [5.41, 5.74) is 2.86. The van der Waals surface area contributed by atoms with E-state index in [-0.39, 0.29) is 5.69 Å². The average Bonchev–Trinajstić information content (AvgIpc) is 3.03. The highest BCUT2D eigenvalue weighted by atomic mass is 32.1. The number of hydrogen-bond acceptors (Lipinski definition) is 5. The van der Waals surface area contributed by atoms with Crippen molar-refractivity contribution in [2.24, 2.45) is 4.99 Å². The number of aryl methyl sites for hydroxylation is 1. The number of nitro benzene ring substituents is 1. The highest BCUT2D eigenvalue weighted by molar-refractivity contribution is 7.16. The second-order valence-corrected chi connectivity index (χ2v) is 7.09. The minimum atomic E-state index is -0.462. The molecular formula is C20H19N3O4S. The third-order valence-electron chi connectivity index (χ3n) is 4.15. The predicted molar refractivity (Wildman–Crippen MR) is 109 cm³/mol. The molecule has 0 N–H and O–H groups in total. The number of carbonyl (C=O) groups is 1. The molecule has 0 aliphatic rings. The van der Waals surface area contributed by atoms with Gasteiger partial charge in [-0.1, -0.05) is 23.5 Å². The lowest BCUT2D eigenvalue weighted by Crippen LogP contribution is -2.19. The van der Waals surface area contributed by atoms with Crippen LogP contribution in [0.4, 0.5) is 5.69 Å². The molecule has 28 heavy (non-hydrogen) atoms. The van der Waals surface area contributed by atoms with Gasteiger partial charge in [0.25, 0.3) is 11.6 Å². The number of thiazole rings is 1. The smallest absolute Gasteiger partial charge is 0.272 e. The zero-order chi connectivity index (χ0) is 20.1. The molecule has 0 saturated carbocycles. The topological polar surface area (TPSA) is 86.7 Å². The summed E-state index contributed by atoms with van der Waals surface area (Å²) in [5.74, 6) is -0.395. The van der Waals surface area contributed by atoms with E-state index >= 15 is 0 Å². The number of para-hydroxylation sites is 1. The fourth-order valence-electron chi connectivity index (χ4n) is 2.79. The Morgan fingerprint density at radius 2 is 2.04 bits per heavy atom. The molecule has 0 aliphatic carbocycles. The molecule has 0 aliphatic heterocycles. The Labute approximate surface area is 165 Å². The van der Waals surface area contributed by atoms with Gasteiger partial charge in [0.2, 0.25) is 0 Å². The Morgan fingerprint density at radius 3 is 2.71 bits per heavy atom. The number of nitro groups is 1. The van der Waals surface area contributed by atoms with E-state index in [1.165, 1.54) is 29.5 Å². The van der Waals surface area contributed by atoms with Crippen LogP contribution < -0.4 is 4.80 Å². The summed E-state index contributed by atoms with van der Waals surface area (Å²) in [6, 6.07) is 12.0. The molecule has 0 saturated heterocycles. The molecule has 0 bridgehead atoms. The van der Waals surface area contributed by atoms with E-state index in [0.717, 1.165) is 15.8 Å². The van der Waals surface area contributed by atoms with Gasteiger partial charge in [0.05, 0.1) is 21.7 Å². The third-order valence-corrected chi connectivity index (χ3v) is 5.19. The number of hydrogen-bond donors (Lipinski definition) is 0. The van der Waals surface area contributed by atoms with Gasteiger partial charge in [-0.2, -0.15) is 4.99 Å². The van der Waals surface area contributed by atoms with Gasteiger partial charge in [-0.05, 0) is 42.3 Å². The molecule has 0 radical (unpaired) electrons. The van der Waals surface area contributed by atoms with Crippen molar-refractivity contribution in [1.82, 2.24) is 4.57 Å². The van der Waals surface area contributed by atoms with Crippen molar-refractivity contribution in [2.75, 3.05) is 13.7 Å². The molecule has 0 fully saturated rings. The summed E-state index contributed by atoms with van der Waals surface area (Å²) >= 11 is 1.45. The van der Waals surface area contributed by atoms with Gasteiger partial charge >= 0.3 is 0 Å². The van der Waals surface area contributed by atoms with Gasteiger partial charge < -0.3 is 9.30 Å². The zero-order valence-electron chi connectivity index (χ0n) is 15.5. The summed E-state index contributed by atoms with van der Waals surface area (Å²) < 4.78 is 8.24. The summed E-state index contributed by atoms with van der Waals surface area (Å²) in [6.45, 7) is 3.14. The number of carbonyl (C=O) groups excluding carboxylic acids is 1. The van der Waals surface area contributed by atoms with E-state index in [1.54, 1.807) is 25.3 Å². The van der Waals surface area contributed by atoms with E-state index in [2.05, 4.69) is 4.99 Å². The fourth-order valence-corrected chi connectivity index (χ4v) is 3.93. The first-order valence-electron chi connectivity index (χ1n) is 8.58. The monoisotopic (exact) mass is 397 g/mol. The second kappa shape index (κ2) is 8.73. The third kappa shape index (κ3) is 4.41. The van der Waals surface area contributed by atoms with Gasteiger partial charge in [-0.3, -0.25) is 14.9 Å². The van der Waals surface area contributed by atoms with E-state index in [1.807, 2.05) is 29.7 Å². The molecular weight excluding hydrogens is 378 g/mol. The van der Waals surface area contributed by atoms with Crippen LogP contribution in [0.5, 0.6) is 0 Å². The van der Waals surface area contributed by atoms with Crippen molar-refractivity contribution in [3.05, 3.63) is 74.6 Å². The van der Waals surface area contributed by atoms with E-state index in [0.29, 0.717) is 23.5 Å². The number of benzene rings is 2. The van der Waals surface area contributed by atoms with Crippen molar-refractivity contribution in [3.63, 3.8) is 0 Å². The predicted octanol–water partition coefficient (Wildman–Crippen LogP) is 3.71. The zero-order valence-corrected chi connectivity index (χ0v) is 16.3. The largest absolute Gasteiger partial charge is 0.383 e. The summed E-state index contributed by atoms with van der Waals surface area (Å²) in [7, 11) is 1.64. The molecule has 0 unspecified atom stereocenters. The van der Waals surface area contributed by atoms with Crippen molar-refractivity contribution in [1.29, 1.82) is 0 Å². The van der Waals surface area contributed by atoms with Gasteiger partial charge in [0.15, 0.2) is 4.80 Å². The van der Waals surface area contributed by atoms with Crippen LogP contribution in [-0.4, -0.2) is 29.1 Å². The number of fused-ring (bicyclic) bond motifs is 1. The first-order chi connectivity index (χ1) is 13.5. The van der Waals surface area contributed by atoms with E-state index in [4.69, 9.17) is 4.74 Å². The molecule has 0 atom stereocenters.